The van der Waals surface area contributed by atoms with E-state index in [4.69, 9.17) is 28.0 Å². The molecule has 21 heavy (non-hydrogen) atoms. The Kier molecular flexibility index (Phi) is 4.63. The second-order valence-electron chi connectivity index (χ2n) is 6.55. The molecule has 1 aromatic rings. The molecular formula is C13H21Cl2N5O. The van der Waals surface area contributed by atoms with Crippen molar-refractivity contribution in [2.45, 2.75) is 57.7 Å². The van der Waals surface area contributed by atoms with Crippen LogP contribution in [0.2, 0.25) is 10.6 Å². The van der Waals surface area contributed by atoms with Crippen LogP contribution in [0.3, 0.4) is 0 Å². The van der Waals surface area contributed by atoms with E-state index in [1.165, 1.54) is 0 Å². The molecule has 0 amide bonds. The lowest BCUT2D eigenvalue weighted by Crippen LogP contribution is -2.62. The van der Waals surface area contributed by atoms with Crippen molar-refractivity contribution in [2.75, 3.05) is 12.4 Å². The molecule has 0 atom stereocenters. The normalized spacial score (nSPS) is 22.2. The number of rotatable bonds is 3. The molecule has 0 bridgehead atoms. The first-order valence-electron chi connectivity index (χ1n) is 6.82. The van der Waals surface area contributed by atoms with Gasteiger partial charge in [-0.15, -0.1) is 0 Å². The zero-order valence-electron chi connectivity index (χ0n) is 12.9. The van der Waals surface area contributed by atoms with Gasteiger partial charge >= 0.3 is 0 Å². The van der Waals surface area contributed by atoms with Crippen LogP contribution in [-0.2, 0) is 4.84 Å². The summed E-state index contributed by atoms with van der Waals surface area (Å²) in [6, 6.07) is 0.191. The van der Waals surface area contributed by atoms with Crippen LogP contribution in [-0.4, -0.2) is 44.2 Å². The fraction of sp³-hybridized carbons (Fsp3) is 0.769. The van der Waals surface area contributed by atoms with Crippen molar-refractivity contribution in [1.82, 2.24) is 20.0 Å². The highest BCUT2D eigenvalue weighted by atomic mass is 35.5. The molecule has 1 N–H and O–H groups in total. The lowest BCUT2D eigenvalue weighted by molar-refractivity contribution is -0.265. The third-order valence-electron chi connectivity index (χ3n) is 3.69. The average Bonchev–Trinajstić information content (AvgIpc) is 2.23. The number of piperidine rings is 1. The third kappa shape index (κ3) is 3.74. The van der Waals surface area contributed by atoms with Crippen molar-refractivity contribution in [3.05, 3.63) is 10.6 Å². The third-order valence-corrected chi connectivity index (χ3v) is 4.03. The number of aromatic nitrogens is 3. The summed E-state index contributed by atoms with van der Waals surface area (Å²) in [6.07, 6.45) is 1.76. The molecule has 8 heteroatoms. The molecule has 1 aromatic heterocycles. The van der Waals surface area contributed by atoms with Crippen LogP contribution in [0.1, 0.15) is 40.5 Å². The number of anilines is 1. The Morgan fingerprint density at radius 2 is 1.52 bits per heavy atom. The molecule has 0 radical (unpaired) electrons. The maximum atomic E-state index is 5.81. The maximum absolute atomic E-state index is 5.81. The summed E-state index contributed by atoms with van der Waals surface area (Å²) in [7, 11) is 1.71. The summed E-state index contributed by atoms with van der Waals surface area (Å²) in [5.41, 5.74) is -0.233. The van der Waals surface area contributed by atoms with Crippen LogP contribution in [0.25, 0.3) is 0 Å². The van der Waals surface area contributed by atoms with Gasteiger partial charge in [-0.2, -0.15) is 20.0 Å². The van der Waals surface area contributed by atoms with Gasteiger partial charge in [-0.25, -0.2) is 0 Å². The highest BCUT2D eigenvalue weighted by Gasteiger charge is 2.46. The van der Waals surface area contributed by atoms with Crippen LogP contribution in [0.15, 0.2) is 0 Å². The number of hydroxylamine groups is 2. The summed E-state index contributed by atoms with van der Waals surface area (Å²) < 4.78 is 0. The van der Waals surface area contributed by atoms with Gasteiger partial charge in [-0.1, -0.05) is 0 Å². The van der Waals surface area contributed by atoms with Crippen molar-refractivity contribution < 1.29 is 4.84 Å². The number of nitrogens with zero attached hydrogens (tertiary/aromatic N) is 4. The highest BCUT2D eigenvalue weighted by Crippen LogP contribution is 2.39. The van der Waals surface area contributed by atoms with Crippen LogP contribution in [0, 0.1) is 0 Å². The average molecular weight is 334 g/mol. The monoisotopic (exact) mass is 333 g/mol. The predicted molar refractivity (Wildman–Crippen MR) is 83.5 cm³/mol. The van der Waals surface area contributed by atoms with E-state index in [-0.39, 0.29) is 27.7 Å². The van der Waals surface area contributed by atoms with Gasteiger partial charge in [0, 0.05) is 17.1 Å². The largest absolute Gasteiger partial charge is 0.351 e. The van der Waals surface area contributed by atoms with Crippen LogP contribution < -0.4 is 5.32 Å². The Balaban J connectivity index is 2.18. The van der Waals surface area contributed by atoms with Gasteiger partial charge < -0.3 is 10.2 Å². The molecule has 0 aromatic carbocycles. The minimum atomic E-state index is -0.116. The minimum absolute atomic E-state index is 0.0883. The molecule has 0 unspecified atom stereocenters. The van der Waals surface area contributed by atoms with Crippen molar-refractivity contribution in [3.8, 4) is 0 Å². The molecule has 1 aliphatic heterocycles. The Morgan fingerprint density at radius 1 is 1.05 bits per heavy atom. The van der Waals surface area contributed by atoms with E-state index in [9.17, 15) is 0 Å². The smallest absolute Gasteiger partial charge is 0.228 e. The zero-order valence-corrected chi connectivity index (χ0v) is 14.5. The van der Waals surface area contributed by atoms with E-state index in [2.05, 4.69) is 48.0 Å². The van der Waals surface area contributed by atoms with Crippen molar-refractivity contribution in [1.29, 1.82) is 0 Å². The number of hydrogen-bond acceptors (Lipinski definition) is 6. The Labute approximate surface area is 135 Å². The summed E-state index contributed by atoms with van der Waals surface area (Å²) in [5.74, 6) is 0.405. The van der Waals surface area contributed by atoms with E-state index in [0.717, 1.165) is 12.8 Å². The summed E-state index contributed by atoms with van der Waals surface area (Å²) in [6.45, 7) is 8.61. The molecular weight excluding hydrogens is 313 g/mol. The highest BCUT2D eigenvalue weighted by molar-refractivity contribution is 6.31. The van der Waals surface area contributed by atoms with Gasteiger partial charge in [0.2, 0.25) is 16.5 Å². The second-order valence-corrected chi connectivity index (χ2v) is 7.22. The first-order chi connectivity index (χ1) is 9.64. The van der Waals surface area contributed by atoms with Gasteiger partial charge in [0.15, 0.2) is 0 Å². The van der Waals surface area contributed by atoms with Gasteiger partial charge in [-0.05, 0) is 63.7 Å². The fourth-order valence-electron chi connectivity index (χ4n) is 3.43. The van der Waals surface area contributed by atoms with Crippen LogP contribution in [0.4, 0.5) is 5.95 Å². The molecule has 0 aliphatic carbocycles. The quantitative estimate of drug-likeness (QED) is 0.916. The van der Waals surface area contributed by atoms with Gasteiger partial charge in [0.25, 0.3) is 0 Å². The number of halogens is 2. The molecule has 2 rings (SSSR count). The predicted octanol–water partition coefficient (Wildman–Crippen LogP) is 3.17. The van der Waals surface area contributed by atoms with Crippen LogP contribution >= 0.6 is 23.2 Å². The van der Waals surface area contributed by atoms with Gasteiger partial charge in [0.1, 0.15) is 0 Å². The Bertz CT molecular complexity index is 485. The lowest BCUT2D eigenvalue weighted by Gasteiger charge is -2.53. The zero-order chi connectivity index (χ0) is 15.8. The van der Waals surface area contributed by atoms with E-state index in [1.54, 1.807) is 7.11 Å². The van der Waals surface area contributed by atoms with Crippen LogP contribution in [0.5, 0.6) is 0 Å². The molecule has 6 nitrogen and oxygen atoms in total. The fourth-order valence-corrected chi connectivity index (χ4v) is 3.80. The standard InChI is InChI=1S/C13H21Cl2N5O/c1-12(2)6-8(7-13(3,4)20(12)21-5)16-11-18-9(14)17-10(15)19-11/h8H,6-7H2,1-5H3,(H,16,17,18,19). The van der Waals surface area contributed by atoms with Gasteiger partial charge in [0.05, 0.1) is 7.11 Å². The second kappa shape index (κ2) is 5.83. The molecule has 1 saturated heterocycles. The lowest BCUT2D eigenvalue weighted by atomic mass is 9.79. The van der Waals surface area contributed by atoms with Gasteiger partial charge in [-0.3, -0.25) is 0 Å². The molecule has 1 fully saturated rings. The summed E-state index contributed by atoms with van der Waals surface area (Å²) >= 11 is 11.6. The summed E-state index contributed by atoms with van der Waals surface area (Å²) in [5, 5.41) is 5.53. The molecule has 0 spiro atoms. The minimum Gasteiger partial charge on any atom is -0.351 e. The van der Waals surface area contributed by atoms with E-state index in [1.807, 2.05) is 5.06 Å². The molecule has 1 aliphatic rings. The Hall–Kier alpha value is -0.690. The first kappa shape index (κ1) is 16.7. The maximum Gasteiger partial charge on any atom is 0.228 e. The van der Waals surface area contributed by atoms with Crippen molar-refractivity contribution in [3.63, 3.8) is 0 Å². The van der Waals surface area contributed by atoms with E-state index >= 15 is 0 Å². The van der Waals surface area contributed by atoms with E-state index in [0.29, 0.717) is 5.95 Å². The molecule has 2 heterocycles. The van der Waals surface area contributed by atoms with E-state index < -0.39 is 0 Å². The molecule has 118 valence electrons. The number of nitrogens with one attached hydrogen (secondary N) is 1. The van der Waals surface area contributed by atoms with Crippen molar-refractivity contribution in [2.24, 2.45) is 0 Å². The first-order valence-corrected chi connectivity index (χ1v) is 7.58. The SMILES string of the molecule is CON1C(C)(C)CC(Nc2nc(Cl)nc(Cl)n2)CC1(C)C. The number of hydrogen-bond donors (Lipinski definition) is 1. The Morgan fingerprint density at radius 3 is 1.95 bits per heavy atom. The molecule has 0 saturated carbocycles. The van der Waals surface area contributed by atoms with Crippen molar-refractivity contribution >= 4 is 29.2 Å². The summed E-state index contributed by atoms with van der Waals surface area (Å²) in [4.78, 5) is 17.5. The topological polar surface area (TPSA) is 63.2 Å².